The Morgan fingerprint density at radius 2 is 2.00 bits per heavy atom. The smallest absolute Gasteiger partial charge is 0.241 e. The average molecular weight is 467 g/mol. The fourth-order valence-corrected chi connectivity index (χ4v) is 4.76. The van der Waals surface area contributed by atoms with Crippen LogP contribution >= 0.6 is 11.6 Å². The topological polar surface area (TPSA) is 84.9 Å². The molecule has 0 bridgehead atoms. The lowest BCUT2D eigenvalue weighted by atomic mass is 9.89. The van der Waals surface area contributed by atoms with Gasteiger partial charge in [-0.1, -0.05) is 17.7 Å². The van der Waals surface area contributed by atoms with Gasteiger partial charge in [-0.05, 0) is 56.7 Å². The number of carbonyl (C=O) groups is 1. The quantitative estimate of drug-likeness (QED) is 0.699. The molecule has 0 aromatic heterocycles. The molecule has 0 saturated carbocycles. The van der Waals surface area contributed by atoms with Crippen molar-refractivity contribution in [3.8, 4) is 11.5 Å². The van der Waals surface area contributed by atoms with Crippen LogP contribution < -0.4 is 19.1 Å². The third kappa shape index (κ3) is 5.43. The molecular formula is C22H27ClN2O5S. The van der Waals surface area contributed by atoms with Crippen molar-refractivity contribution in [2.45, 2.75) is 38.8 Å². The predicted molar refractivity (Wildman–Crippen MR) is 122 cm³/mol. The van der Waals surface area contributed by atoms with Crippen LogP contribution in [0.25, 0.3) is 0 Å². The molecule has 1 N–H and O–H groups in total. The maximum absolute atomic E-state index is 13.0. The number of rotatable bonds is 6. The van der Waals surface area contributed by atoms with Crippen molar-refractivity contribution in [3.63, 3.8) is 0 Å². The van der Waals surface area contributed by atoms with E-state index < -0.39 is 21.5 Å². The van der Waals surface area contributed by atoms with Gasteiger partial charge in [-0.25, -0.2) is 8.42 Å². The summed E-state index contributed by atoms with van der Waals surface area (Å²) < 4.78 is 37.4. The van der Waals surface area contributed by atoms with Gasteiger partial charge < -0.3 is 14.8 Å². The van der Waals surface area contributed by atoms with Gasteiger partial charge in [0, 0.05) is 17.0 Å². The zero-order valence-electron chi connectivity index (χ0n) is 18.2. The number of carbonyl (C=O) groups excluding carboxylic acids is 1. The lowest BCUT2D eigenvalue weighted by Crippen LogP contribution is -2.45. The summed E-state index contributed by atoms with van der Waals surface area (Å²) in [5.74, 6) is 0.878. The first kappa shape index (κ1) is 23.2. The Morgan fingerprint density at radius 3 is 2.65 bits per heavy atom. The van der Waals surface area contributed by atoms with Gasteiger partial charge in [0.2, 0.25) is 15.9 Å². The van der Waals surface area contributed by atoms with E-state index in [1.54, 1.807) is 38.3 Å². The van der Waals surface area contributed by atoms with E-state index >= 15 is 0 Å². The van der Waals surface area contributed by atoms with Crippen LogP contribution in [0.2, 0.25) is 5.02 Å². The summed E-state index contributed by atoms with van der Waals surface area (Å²) in [5, 5.41) is 3.37. The molecule has 1 aliphatic heterocycles. The summed E-state index contributed by atoms with van der Waals surface area (Å²) in [6, 6.07) is 10.0. The summed E-state index contributed by atoms with van der Waals surface area (Å²) in [7, 11) is -2.15. The van der Waals surface area contributed by atoms with Crippen molar-refractivity contribution in [2.24, 2.45) is 0 Å². The van der Waals surface area contributed by atoms with Crippen LogP contribution in [-0.4, -0.2) is 39.8 Å². The number of amides is 1. The van der Waals surface area contributed by atoms with Crippen molar-refractivity contribution >= 4 is 33.2 Å². The number of sulfonamides is 1. The molecule has 1 heterocycles. The molecule has 2 aromatic rings. The van der Waals surface area contributed by atoms with Crippen LogP contribution in [0.5, 0.6) is 11.5 Å². The standard InChI is InChI=1S/C22H27ClN2O5S/c1-14-6-7-15(23)10-19(14)25(31(5,27)28)13-21(26)24-18-12-22(2,3)30-20-9-8-16(29-4)11-17(18)20/h6-11,18H,12-13H2,1-5H3,(H,24,26). The number of halogens is 1. The fourth-order valence-electron chi connectivity index (χ4n) is 3.69. The molecule has 31 heavy (non-hydrogen) atoms. The third-order valence-electron chi connectivity index (χ3n) is 5.14. The minimum atomic E-state index is -3.72. The highest BCUT2D eigenvalue weighted by atomic mass is 35.5. The van der Waals surface area contributed by atoms with Crippen LogP contribution in [0.15, 0.2) is 36.4 Å². The van der Waals surface area contributed by atoms with Gasteiger partial charge in [0.05, 0.1) is 25.1 Å². The lowest BCUT2D eigenvalue weighted by Gasteiger charge is -2.38. The number of nitrogens with one attached hydrogen (secondary N) is 1. The average Bonchev–Trinajstić information content (AvgIpc) is 2.66. The SMILES string of the molecule is COc1ccc2c(c1)C(NC(=O)CN(c1cc(Cl)ccc1C)S(C)(=O)=O)CC(C)(C)O2. The van der Waals surface area contributed by atoms with E-state index in [0.29, 0.717) is 34.2 Å². The zero-order valence-corrected chi connectivity index (χ0v) is 19.8. The van der Waals surface area contributed by atoms with Crippen LogP contribution in [-0.2, 0) is 14.8 Å². The number of anilines is 1. The molecule has 0 aliphatic carbocycles. The first-order valence-electron chi connectivity index (χ1n) is 9.80. The predicted octanol–water partition coefficient (Wildman–Crippen LogP) is 3.84. The molecular weight excluding hydrogens is 440 g/mol. The van der Waals surface area contributed by atoms with Crippen LogP contribution in [0, 0.1) is 6.92 Å². The van der Waals surface area contributed by atoms with Gasteiger partial charge in [0.25, 0.3) is 0 Å². The molecule has 2 aromatic carbocycles. The highest BCUT2D eigenvalue weighted by molar-refractivity contribution is 7.92. The fraction of sp³-hybridized carbons (Fsp3) is 0.409. The van der Waals surface area contributed by atoms with E-state index in [9.17, 15) is 13.2 Å². The third-order valence-corrected chi connectivity index (χ3v) is 6.50. The number of ether oxygens (including phenoxy) is 2. The Morgan fingerprint density at radius 1 is 1.29 bits per heavy atom. The van der Waals surface area contributed by atoms with E-state index in [4.69, 9.17) is 21.1 Å². The molecule has 0 radical (unpaired) electrons. The maximum atomic E-state index is 13.0. The molecule has 3 rings (SSSR count). The molecule has 0 saturated heterocycles. The number of methoxy groups -OCH3 is 1. The molecule has 7 nitrogen and oxygen atoms in total. The largest absolute Gasteiger partial charge is 0.497 e. The van der Waals surface area contributed by atoms with Crippen molar-refractivity contribution < 1.29 is 22.7 Å². The second-order valence-electron chi connectivity index (χ2n) is 8.29. The Bertz CT molecular complexity index is 1100. The van der Waals surface area contributed by atoms with E-state index in [2.05, 4.69) is 5.32 Å². The van der Waals surface area contributed by atoms with Gasteiger partial charge in [-0.3, -0.25) is 9.10 Å². The highest BCUT2D eigenvalue weighted by Crippen LogP contribution is 2.41. The van der Waals surface area contributed by atoms with Crippen molar-refractivity contribution in [3.05, 3.63) is 52.5 Å². The molecule has 1 amide bonds. The molecule has 9 heteroatoms. The number of benzene rings is 2. The Labute approximate surface area is 188 Å². The number of fused-ring (bicyclic) bond motifs is 1. The molecule has 1 aliphatic rings. The number of aryl methyl sites for hydroxylation is 1. The summed E-state index contributed by atoms with van der Waals surface area (Å²) in [6.07, 6.45) is 1.59. The minimum Gasteiger partial charge on any atom is -0.497 e. The van der Waals surface area contributed by atoms with Crippen LogP contribution in [0.1, 0.15) is 37.4 Å². The molecule has 168 valence electrons. The summed E-state index contributed by atoms with van der Waals surface area (Å²) >= 11 is 6.07. The van der Waals surface area contributed by atoms with Crippen LogP contribution in [0.3, 0.4) is 0 Å². The van der Waals surface area contributed by atoms with Crippen LogP contribution in [0.4, 0.5) is 5.69 Å². The Balaban J connectivity index is 1.89. The molecule has 1 atom stereocenters. The minimum absolute atomic E-state index is 0.358. The second-order valence-corrected chi connectivity index (χ2v) is 10.6. The Hall–Kier alpha value is -2.45. The van der Waals surface area contributed by atoms with Gasteiger partial charge in [-0.2, -0.15) is 0 Å². The summed E-state index contributed by atoms with van der Waals surface area (Å²) in [6.45, 7) is 5.29. The number of hydrogen-bond acceptors (Lipinski definition) is 5. The van der Waals surface area contributed by atoms with E-state index in [0.717, 1.165) is 16.1 Å². The van der Waals surface area contributed by atoms with Crippen molar-refractivity contribution in [2.75, 3.05) is 24.2 Å². The summed E-state index contributed by atoms with van der Waals surface area (Å²) in [5.41, 5.74) is 1.36. The van der Waals surface area contributed by atoms with Gasteiger partial charge in [0.1, 0.15) is 23.6 Å². The van der Waals surface area contributed by atoms with Crippen molar-refractivity contribution in [1.82, 2.24) is 5.32 Å². The van der Waals surface area contributed by atoms with Gasteiger partial charge >= 0.3 is 0 Å². The lowest BCUT2D eigenvalue weighted by molar-refractivity contribution is -0.120. The van der Waals surface area contributed by atoms with E-state index in [1.807, 2.05) is 26.0 Å². The number of nitrogens with zero attached hydrogens (tertiary/aromatic N) is 1. The van der Waals surface area contributed by atoms with E-state index in [-0.39, 0.29) is 12.6 Å². The van der Waals surface area contributed by atoms with Gasteiger partial charge in [-0.15, -0.1) is 0 Å². The normalized spacial score (nSPS) is 17.3. The monoisotopic (exact) mass is 466 g/mol. The second kappa shape index (κ2) is 8.59. The first-order chi connectivity index (χ1) is 14.4. The number of hydrogen-bond donors (Lipinski definition) is 1. The maximum Gasteiger partial charge on any atom is 0.241 e. The first-order valence-corrected chi connectivity index (χ1v) is 12.0. The molecule has 1 unspecified atom stereocenters. The summed E-state index contributed by atoms with van der Waals surface area (Å²) in [4.78, 5) is 13.0. The van der Waals surface area contributed by atoms with Gasteiger partial charge in [0.15, 0.2) is 0 Å². The van der Waals surface area contributed by atoms with Crippen molar-refractivity contribution in [1.29, 1.82) is 0 Å². The van der Waals surface area contributed by atoms with E-state index in [1.165, 1.54) is 0 Å². The highest BCUT2D eigenvalue weighted by Gasteiger charge is 2.35. The Kier molecular flexibility index (Phi) is 6.43. The molecule has 0 fully saturated rings. The molecule has 0 spiro atoms. The zero-order chi connectivity index (χ0) is 23.0.